The fraction of sp³-hybridized carbons (Fsp3) is 1.00. The van der Waals surface area contributed by atoms with Crippen LogP contribution in [-0.4, -0.2) is 35.1 Å². The maximum Gasteiger partial charge on any atom is 0.105 e. The van der Waals surface area contributed by atoms with Crippen LogP contribution in [-0.2, 0) is 4.74 Å². The molecule has 0 heterocycles. The Balaban J connectivity index is 3.21. The average Bonchev–Trinajstić information content (AvgIpc) is 2.20. The van der Waals surface area contributed by atoms with Crippen LogP contribution in [0.4, 0.5) is 0 Å². The molecule has 0 spiro atoms. The Morgan fingerprint density at radius 1 is 1.06 bits per heavy atom. The molecule has 0 aliphatic rings. The molecule has 0 aliphatic heterocycles. The predicted octanol–water partition coefficient (Wildman–Crippen LogP) is 2.50. The van der Waals surface area contributed by atoms with Gasteiger partial charge in [0.1, 0.15) is 6.10 Å². The Morgan fingerprint density at radius 2 is 1.62 bits per heavy atom. The van der Waals surface area contributed by atoms with E-state index in [1.807, 2.05) is 0 Å². The first kappa shape index (κ1) is 15.9. The van der Waals surface area contributed by atoms with Gasteiger partial charge in [0.2, 0.25) is 0 Å². The Bertz CT molecular complexity index is 152. The zero-order valence-electron chi connectivity index (χ0n) is 11.0. The summed E-state index contributed by atoms with van der Waals surface area (Å²) in [6.07, 6.45) is 6.61. The van der Waals surface area contributed by atoms with Crippen LogP contribution < -0.4 is 0 Å². The van der Waals surface area contributed by atoms with E-state index in [0.717, 1.165) is 6.42 Å². The van der Waals surface area contributed by atoms with Gasteiger partial charge in [0.15, 0.2) is 0 Å². The smallest absolute Gasteiger partial charge is 0.105 e. The summed E-state index contributed by atoms with van der Waals surface area (Å²) in [5.41, 5.74) is -1.07. The van der Waals surface area contributed by atoms with Crippen LogP contribution in [0.15, 0.2) is 0 Å². The summed E-state index contributed by atoms with van der Waals surface area (Å²) >= 11 is 0. The van der Waals surface area contributed by atoms with E-state index in [4.69, 9.17) is 4.74 Å². The molecule has 3 nitrogen and oxygen atoms in total. The van der Waals surface area contributed by atoms with Crippen molar-refractivity contribution in [1.82, 2.24) is 0 Å². The van der Waals surface area contributed by atoms with Crippen molar-refractivity contribution in [2.75, 3.05) is 13.2 Å². The molecule has 0 saturated heterocycles. The second kappa shape index (κ2) is 8.97. The van der Waals surface area contributed by atoms with Crippen molar-refractivity contribution in [2.24, 2.45) is 0 Å². The van der Waals surface area contributed by atoms with Gasteiger partial charge < -0.3 is 14.9 Å². The van der Waals surface area contributed by atoms with Crippen LogP contribution in [0.5, 0.6) is 0 Å². The van der Waals surface area contributed by atoms with E-state index >= 15 is 0 Å². The molecule has 0 amide bonds. The molecule has 3 heteroatoms. The lowest BCUT2D eigenvalue weighted by Gasteiger charge is -2.24. The Kier molecular flexibility index (Phi) is 8.90. The third kappa shape index (κ3) is 9.13. The monoisotopic (exact) mass is 232 g/mol. The molecule has 0 radical (unpaired) electrons. The van der Waals surface area contributed by atoms with Crippen molar-refractivity contribution < 1.29 is 14.9 Å². The van der Waals surface area contributed by atoms with E-state index in [-0.39, 0.29) is 6.61 Å². The average molecular weight is 232 g/mol. The van der Waals surface area contributed by atoms with E-state index in [1.54, 1.807) is 13.8 Å². The van der Waals surface area contributed by atoms with Crippen LogP contribution in [0, 0.1) is 0 Å². The summed E-state index contributed by atoms with van der Waals surface area (Å²) in [4.78, 5) is 0. The molecule has 0 aromatic carbocycles. The van der Waals surface area contributed by atoms with Crippen molar-refractivity contribution >= 4 is 0 Å². The molecule has 0 bridgehead atoms. The highest BCUT2D eigenvalue weighted by Crippen LogP contribution is 2.09. The number of unbranched alkanes of at least 4 members (excludes halogenated alkanes) is 5. The first-order valence-corrected chi connectivity index (χ1v) is 6.46. The van der Waals surface area contributed by atoms with Gasteiger partial charge in [-0.15, -0.1) is 0 Å². The second-order valence-corrected chi connectivity index (χ2v) is 5.01. The molecule has 2 N–H and O–H groups in total. The maximum absolute atomic E-state index is 9.48. The van der Waals surface area contributed by atoms with Gasteiger partial charge in [-0.25, -0.2) is 0 Å². The molecular formula is C13H28O3. The number of aliphatic hydroxyl groups excluding tert-OH is 1. The zero-order chi connectivity index (χ0) is 12.4. The van der Waals surface area contributed by atoms with Gasteiger partial charge in [-0.2, -0.15) is 0 Å². The van der Waals surface area contributed by atoms with E-state index < -0.39 is 11.7 Å². The highest BCUT2D eigenvalue weighted by atomic mass is 16.5. The fourth-order valence-electron chi connectivity index (χ4n) is 1.38. The highest BCUT2D eigenvalue weighted by Gasteiger charge is 2.24. The molecule has 98 valence electrons. The molecule has 0 rings (SSSR count). The van der Waals surface area contributed by atoms with Gasteiger partial charge in [-0.1, -0.05) is 39.0 Å². The third-order valence-corrected chi connectivity index (χ3v) is 2.73. The van der Waals surface area contributed by atoms with Crippen LogP contribution in [0.3, 0.4) is 0 Å². The first-order valence-electron chi connectivity index (χ1n) is 6.46. The van der Waals surface area contributed by atoms with Crippen LogP contribution in [0.1, 0.15) is 59.3 Å². The van der Waals surface area contributed by atoms with Gasteiger partial charge in [-0.05, 0) is 20.3 Å². The van der Waals surface area contributed by atoms with Crippen molar-refractivity contribution in [3.8, 4) is 0 Å². The number of hydrogen-bond acceptors (Lipinski definition) is 3. The van der Waals surface area contributed by atoms with Crippen molar-refractivity contribution in [3.63, 3.8) is 0 Å². The molecule has 0 aliphatic carbocycles. The molecule has 0 aromatic heterocycles. The summed E-state index contributed by atoms with van der Waals surface area (Å²) in [6, 6.07) is 0. The SMILES string of the molecule is CCCCCCCCOCC(O)C(C)(C)O. The lowest BCUT2D eigenvalue weighted by Crippen LogP contribution is -2.39. The number of aliphatic hydroxyl groups is 2. The lowest BCUT2D eigenvalue weighted by molar-refractivity contribution is -0.0859. The standard InChI is InChI=1S/C13H28O3/c1-4-5-6-7-8-9-10-16-11-12(14)13(2,3)15/h12,14-15H,4-11H2,1-3H3. The van der Waals surface area contributed by atoms with E-state index in [1.165, 1.54) is 32.1 Å². The summed E-state index contributed by atoms with van der Waals surface area (Å²) in [7, 11) is 0. The minimum atomic E-state index is -1.07. The van der Waals surface area contributed by atoms with E-state index in [9.17, 15) is 10.2 Å². The van der Waals surface area contributed by atoms with Crippen molar-refractivity contribution in [3.05, 3.63) is 0 Å². The van der Waals surface area contributed by atoms with Gasteiger partial charge >= 0.3 is 0 Å². The Hall–Kier alpha value is -0.120. The first-order chi connectivity index (χ1) is 7.48. The molecule has 1 atom stereocenters. The number of hydrogen-bond donors (Lipinski definition) is 2. The number of rotatable bonds is 10. The van der Waals surface area contributed by atoms with Gasteiger partial charge in [-0.3, -0.25) is 0 Å². The van der Waals surface area contributed by atoms with Crippen molar-refractivity contribution in [2.45, 2.75) is 71.0 Å². The van der Waals surface area contributed by atoms with Crippen molar-refractivity contribution in [1.29, 1.82) is 0 Å². The number of ether oxygens (including phenoxy) is 1. The van der Waals surface area contributed by atoms with E-state index in [2.05, 4.69) is 6.92 Å². The minimum Gasteiger partial charge on any atom is -0.388 e. The summed E-state index contributed by atoms with van der Waals surface area (Å²) in [5.74, 6) is 0. The van der Waals surface area contributed by atoms with Gasteiger partial charge in [0, 0.05) is 6.61 Å². The highest BCUT2D eigenvalue weighted by molar-refractivity contribution is 4.75. The summed E-state index contributed by atoms with van der Waals surface area (Å²) in [5, 5.41) is 18.9. The molecule has 0 saturated carbocycles. The zero-order valence-corrected chi connectivity index (χ0v) is 11.0. The summed E-state index contributed by atoms with van der Waals surface area (Å²) in [6.45, 7) is 6.29. The maximum atomic E-state index is 9.48. The lowest BCUT2D eigenvalue weighted by atomic mass is 10.0. The van der Waals surface area contributed by atoms with Crippen LogP contribution >= 0.6 is 0 Å². The normalized spacial score (nSPS) is 14.1. The predicted molar refractivity (Wildman–Crippen MR) is 66.5 cm³/mol. The second-order valence-electron chi connectivity index (χ2n) is 5.01. The Morgan fingerprint density at radius 3 is 2.19 bits per heavy atom. The molecular weight excluding hydrogens is 204 g/mol. The van der Waals surface area contributed by atoms with Gasteiger partial charge in [0.25, 0.3) is 0 Å². The van der Waals surface area contributed by atoms with Gasteiger partial charge in [0.05, 0.1) is 12.2 Å². The molecule has 0 aromatic rings. The quantitative estimate of drug-likeness (QED) is 0.569. The van der Waals surface area contributed by atoms with Crippen LogP contribution in [0.2, 0.25) is 0 Å². The topological polar surface area (TPSA) is 49.7 Å². The molecule has 0 fully saturated rings. The fourth-order valence-corrected chi connectivity index (χ4v) is 1.38. The molecule has 1 unspecified atom stereocenters. The third-order valence-electron chi connectivity index (χ3n) is 2.73. The summed E-state index contributed by atoms with van der Waals surface area (Å²) < 4.78 is 5.32. The largest absolute Gasteiger partial charge is 0.388 e. The van der Waals surface area contributed by atoms with E-state index in [0.29, 0.717) is 6.61 Å². The van der Waals surface area contributed by atoms with Crippen LogP contribution in [0.25, 0.3) is 0 Å². The minimum absolute atomic E-state index is 0.221. The Labute approximate surface area is 99.8 Å². The molecule has 16 heavy (non-hydrogen) atoms.